The van der Waals surface area contributed by atoms with Crippen molar-refractivity contribution in [3.05, 3.63) is 0 Å². The van der Waals surface area contributed by atoms with Crippen LogP contribution in [0.25, 0.3) is 0 Å². The summed E-state index contributed by atoms with van der Waals surface area (Å²) in [6, 6.07) is 0.0365. The van der Waals surface area contributed by atoms with Crippen LogP contribution < -0.4 is 10.0 Å². The molecule has 156 valence electrons. The van der Waals surface area contributed by atoms with Gasteiger partial charge in [-0.15, -0.1) is 0 Å². The maximum Gasteiger partial charge on any atom is 0.211 e. The zero-order chi connectivity index (χ0) is 19.7. The molecule has 1 heterocycles. The van der Waals surface area contributed by atoms with Gasteiger partial charge in [-0.3, -0.25) is 0 Å². The highest BCUT2D eigenvalue weighted by atomic mass is 32.2. The van der Waals surface area contributed by atoms with Crippen LogP contribution in [-0.4, -0.2) is 31.3 Å². The molecule has 1 saturated heterocycles. The Morgan fingerprint density at radius 1 is 0.808 bits per heavy atom. The van der Waals surface area contributed by atoms with Crippen molar-refractivity contribution in [3.8, 4) is 0 Å². The molecule has 0 bridgehead atoms. The monoisotopic (exact) mass is 388 g/mol. The van der Waals surface area contributed by atoms with Crippen molar-refractivity contribution in [1.82, 2.24) is 10.0 Å². The first-order valence-electron chi connectivity index (χ1n) is 10.8. The zero-order valence-corrected chi connectivity index (χ0v) is 18.8. The van der Waals surface area contributed by atoms with Crippen LogP contribution in [0.1, 0.15) is 112 Å². The van der Waals surface area contributed by atoms with Crippen molar-refractivity contribution < 1.29 is 8.42 Å². The minimum atomic E-state index is -3.17. The Kier molecular flexibility index (Phi) is 10.1. The Morgan fingerprint density at radius 2 is 1.23 bits per heavy atom. The molecule has 1 fully saturated rings. The molecule has 26 heavy (non-hydrogen) atoms. The fourth-order valence-corrected chi connectivity index (χ4v) is 5.87. The van der Waals surface area contributed by atoms with Gasteiger partial charge in [0, 0.05) is 17.1 Å². The summed E-state index contributed by atoms with van der Waals surface area (Å²) in [6.07, 6.45) is 13.9. The Bertz CT molecular complexity index is 470. The van der Waals surface area contributed by atoms with E-state index in [-0.39, 0.29) is 22.9 Å². The third-order valence-corrected chi connectivity index (χ3v) is 6.82. The van der Waals surface area contributed by atoms with Gasteiger partial charge in [-0.1, -0.05) is 64.7 Å². The average Bonchev–Trinajstić information content (AvgIpc) is 2.45. The van der Waals surface area contributed by atoms with Crippen molar-refractivity contribution in [3.63, 3.8) is 0 Å². The first-order valence-corrected chi connectivity index (χ1v) is 12.5. The lowest BCUT2D eigenvalue weighted by Crippen LogP contribution is -2.62. The Labute approximate surface area is 163 Å². The minimum Gasteiger partial charge on any atom is -0.307 e. The zero-order valence-electron chi connectivity index (χ0n) is 18.0. The smallest absolute Gasteiger partial charge is 0.211 e. The van der Waals surface area contributed by atoms with Crippen LogP contribution in [0, 0.1) is 0 Å². The highest BCUT2D eigenvalue weighted by Gasteiger charge is 2.38. The molecule has 0 radical (unpaired) electrons. The van der Waals surface area contributed by atoms with E-state index >= 15 is 0 Å². The molecule has 0 atom stereocenters. The van der Waals surface area contributed by atoms with Gasteiger partial charge in [0.05, 0.1) is 5.75 Å². The lowest BCUT2D eigenvalue weighted by atomic mass is 9.80. The number of hydrogen-bond donors (Lipinski definition) is 2. The van der Waals surface area contributed by atoms with E-state index in [4.69, 9.17) is 0 Å². The fraction of sp³-hybridized carbons (Fsp3) is 1.00. The summed E-state index contributed by atoms with van der Waals surface area (Å²) in [6.45, 7) is 10.8. The molecule has 1 rings (SSSR count). The van der Waals surface area contributed by atoms with Crippen molar-refractivity contribution in [2.75, 3.05) is 5.75 Å². The van der Waals surface area contributed by atoms with E-state index < -0.39 is 10.0 Å². The number of sulfonamides is 1. The highest BCUT2D eigenvalue weighted by Crippen LogP contribution is 2.28. The van der Waals surface area contributed by atoms with E-state index in [1.807, 2.05) is 0 Å². The van der Waals surface area contributed by atoms with Crippen LogP contribution >= 0.6 is 0 Å². The topological polar surface area (TPSA) is 58.2 Å². The normalized spacial score (nSPS) is 20.3. The van der Waals surface area contributed by atoms with Crippen LogP contribution in [0.3, 0.4) is 0 Å². The van der Waals surface area contributed by atoms with Gasteiger partial charge in [0.1, 0.15) is 0 Å². The molecule has 0 aromatic carbocycles. The van der Waals surface area contributed by atoms with Gasteiger partial charge in [0.25, 0.3) is 0 Å². The van der Waals surface area contributed by atoms with Crippen molar-refractivity contribution in [1.29, 1.82) is 0 Å². The van der Waals surface area contributed by atoms with Gasteiger partial charge in [0.15, 0.2) is 0 Å². The second kappa shape index (κ2) is 11.0. The molecule has 1 aliphatic heterocycles. The molecule has 1 aliphatic rings. The summed E-state index contributed by atoms with van der Waals surface area (Å²) in [7, 11) is -3.17. The van der Waals surface area contributed by atoms with Gasteiger partial charge in [-0.25, -0.2) is 13.1 Å². The predicted molar refractivity (Wildman–Crippen MR) is 113 cm³/mol. The Morgan fingerprint density at radius 3 is 1.69 bits per heavy atom. The minimum absolute atomic E-state index is 0.0356. The second-order valence-electron chi connectivity index (χ2n) is 9.62. The van der Waals surface area contributed by atoms with Crippen molar-refractivity contribution in [2.24, 2.45) is 0 Å². The summed E-state index contributed by atoms with van der Waals surface area (Å²) < 4.78 is 27.8. The average molecular weight is 389 g/mol. The highest BCUT2D eigenvalue weighted by molar-refractivity contribution is 7.89. The summed E-state index contributed by atoms with van der Waals surface area (Å²) in [5.74, 6) is 0.272. The molecule has 0 saturated carbocycles. The largest absolute Gasteiger partial charge is 0.307 e. The standard InChI is InChI=1S/C21H44N2O2S/c1-6-7-8-9-10-11-12-13-14-15-16-26(24,25)22-19-17-20(2,3)23-21(4,5)18-19/h19,22-23H,6-18H2,1-5H3. The van der Waals surface area contributed by atoms with E-state index in [0.717, 1.165) is 32.1 Å². The van der Waals surface area contributed by atoms with Gasteiger partial charge < -0.3 is 5.32 Å². The molecule has 0 unspecified atom stereocenters. The molecule has 0 aliphatic carbocycles. The maximum atomic E-state index is 12.4. The summed E-state index contributed by atoms with van der Waals surface area (Å²) >= 11 is 0. The number of unbranched alkanes of at least 4 members (excludes halogenated alkanes) is 9. The first-order chi connectivity index (χ1) is 12.1. The lowest BCUT2D eigenvalue weighted by molar-refractivity contribution is 0.157. The molecule has 0 aromatic rings. The second-order valence-corrected chi connectivity index (χ2v) is 11.5. The molecular formula is C21H44N2O2S. The van der Waals surface area contributed by atoms with E-state index in [0.29, 0.717) is 0 Å². The van der Waals surface area contributed by atoms with E-state index in [1.165, 1.54) is 44.9 Å². The third-order valence-electron chi connectivity index (χ3n) is 5.30. The van der Waals surface area contributed by atoms with Crippen molar-refractivity contribution in [2.45, 2.75) is 129 Å². The molecule has 0 aromatic heterocycles. The van der Waals surface area contributed by atoms with Crippen LogP contribution in [0.4, 0.5) is 0 Å². The molecule has 0 amide bonds. The van der Waals surface area contributed by atoms with Crippen LogP contribution in [0.2, 0.25) is 0 Å². The molecular weight excluding hydrogens is 344 g/mol. The van der Waals surface area contributed by atoms with Gasteiger partial charge >= 0.3 is 0 Å². The number of hydrogen-bond acceptors (Lipinski definition) is 3. The van der Waals surface area contributed by atoms with E-state index in [1.54, 1.807) is 0 Å². The van der Waals surface area contributed by atoms with E-state index in [2.05, 4.69) is 44.7 Å². The molecule has 4 nitrogen and oxygen atoms in total. The van der Waals surface area contributed by atoms with Crippen LogP contribution in [0.5, 0.6) is 0 Å². The summed E-state index contributed by atoms with van der Waals surface area (Å²) in [5.41, 5.74) is -0.0713. The van der Waals surface area contributed by atoms with Crippen LogP contribution in [-0.2, 0) is 10.0 Å². The maximum absolute atomic E-state index is 12.4. The van der Waals surface area contributed by atoms with Gasteiger partial charge in [-0.2, -0.15) is 0 Å². The third kappa shape index (κ3) is 10.9. The molecule has 5 heteroatoms. The Hall–Kier alpha value is -0.130. The van der Waals surface area contributed by atoms with E-state index in [9.17, 15) is 8.42 Å². The van der Waals surface area contributed by atoms with Gasteiger partial charge in [-0.05, 0) is 47.0 Å². The Balaban J connectivity index is 2.18. The van der Waals surface area contributed by atoms with Crippen LogP contribution in [0.15, 0.2) is 0 Å². The quantitative estimate of drug-likeness (QED) is 0.430. The van der Waals surface area contributed by atoms with Crippen molar-refractivity contribution >= 4 is 10.0 Å². The molecule has 2 N–H and O–H groups in total. The van der Waals surface area contributed by atoms with Gasteiger partial charge in [0.2, 0.25) is 10.0 Å². The number of piperidine rings is 1. The SMILES string of the molecule is CCCCCCCCCCCCS(=O)(=O)NC1CC(C)(C)NC(C)(C)C1. The number of nitrogens with one attached hydrogen (secondary N) is 2. The lowest BCUT2D eigenvalue weighted by Gasteiger charge is -2.46. The summed E-state index contributed by atoms with van der Waals surface area (Å²) in [4.78, 5) is 0. The first kappa shape index (κ1) is 23.9. The predicted octanol–water partition coefficient (Wildman–Crippen LogP) is 5.14. The number of rotatable bonds is 13. The fourth-order valence-electron chi connectivity index (χ4n) is 4.50. The molecule has 0 spiro atoms. The summed E-state index contributed by atoms with van der Waals surface area (Å²) in [5, 5.41) is 3.60.